The fourth-order valence-corrected chi connectivity index (χ4v) is 5.38. The van der Waals surface area contributed by atoms with Crippen molar-refractivity contribution >= 4 is 16.8 Å². The van der Waals surface area contributed by atoms with E-state index >= 15 is 0 Å². The molecule has 162 valence electrons. The van der Waals surface area contributed by atoms with E-state index in [1.54, 1.807) is 12.4 Å². The van der Waals surface area contributed by atoms with Gasteiger partial charge in [0.15, 0.2) is 5.78 Å². The standard InChI is InChI=1S/C24H29N5O2/c30-23(18-7-13-26-14-8-18)22(17-5-11-25-12-6-17)28-15-9-19(10-16-28)29-21-4-2-1-3-20(21)27-24(29)31/h1-4,7-8,13-14,17,19,22,25H,5-6,9-12,15-16H2,(H,27,31). The van der Waals surface area contributed by atoms with Gasteiger partial charge >= 0.3 is 5.69 Å². The zero-order chi connectivity index (χ0) is 21.2. The lowest BCUT2D eigenvalue weighted by molar-refractivity contribution is 0.0570. The van der Waals surface area contributed by atoms with Gasteiger partial charge in [-0.3, -0.25) is 19.2 Å². The van der Waals surface area contributed by atoms with E-state index in [9.17, 15) is 9.59 Å². The first kappa shape index (κ1) is 20.2. The quantitative estimate of drug-likeness (QED) is 0.621. The van der Waals surface area contributed by atoms with Crippen LogP contribution in [0.25, 0.3) is 11.0 Å². The van der Waals surface area contributed by atoms with Crippen LogP contribution in [0.4, 0.5) is 0 Å². The highest BCUT2D eigenvalue weighted by Gasteiger charge is 2.37. The second-order valence-electron chi connectivity index (χ2n) is 8.72. The SMILES string of the molecule is O=C(c1ccncc1)C(C1CCNCC1)N1CCC(n2c(=O)[nH]c3ccccc32)CC1. The molecule has 1 aromatic carbocycles. The molecule has 3 aromatic rings. The van der Waals surface area contributed by atoms with Gasteiger partial charge in [0.1, 0.15) is 0 Å². The number of H-pyrrole nitrogens is 1. The van der Waals surface area contributed by atoms with Gasteiger partial charge in [-0.25, -0.2) is 4.79 Å². The van der Waals surface area contributed by atoms with Crippen LogP contribution in [-0.2, 0) is 0 Å². The second-order valence-corrected chi connectivity index (χ2v) is 8.72. The summed E-state index contributed by atoms with van der Waals surface area (Å²) >= 11 is 0. The first-order valence-corrected chi connectivity index (χ1v) is 11.3. The maximum Gasteiger partial charge on any atom is 0.326 e. The Kier molecular flexibility index (Phi) is 5.70. The summed E-state index contributed by atoms with van der Waals surface area (Å²) in [7, 11) is 0. The van der Waals surface area contributed by atoms with Gasteiger partial charge in [-0.05, 0) is 69.0 Å². The molecular weight excluding hydrogens is 390 g/mol. The number of rotatable bonds is 5. The predicted molar refractivity (Wildman–Crippen MR) is 120 cm³/mol. The molecule has 0 radical (unpaired) electrons. The number of para-hydroxylation sites is 2. The van der Waals surface area contributed by atoms with E-state index in [2.05, 4.69) is 20.2 Å². The number of piperidine rings is 2. The van der Waals surface area contributed by atoms with Crippen molar-refractivity contribution in [2.24, 2.45) is 5.92 Å². The zero-order valence-electron chi connectivity index (χ0n) is 17.7. The van der Waals surface area contributed by atoms with E-state index in [-0.39, 0.29) is 23.6 Å². The number of likely N-dealkylation sites (tertiary alicyclic amines) is 1. The molecule has 7 nitrogen and oxygen atoms in total. The van der Waals surface area contributed by atoms with Gasteiger partial charge in [-0.1, -0.05) is 12.1 Å². The Bertz CT molecular complexity index is 1090. The second kappa shape index (κ2) is 8.77. The van der Waals surface area contributed by atoms with Gasteiger partial charge < -0.3 is 10.3 Å². The van der Waals surface area contributed by atoms with Crippen LogP contribution in [0.5, 0.6) is 0 Å². The van der Waals surface area contributed by atoms with E-state index in [1.165, 1.54) is 0 Å². The minimum atomic E-state index is -0.106. The van der Waals surface area contributed by atoms with E-state index < -0.39 is 0 Å². The normalized spacial score (nSPS) is 20.1. The molecule has 1 unspecified atom stereocenters. The number of pyridine rings is 1. The van der Waals surface area contributed by atoms with Crippen molar-refractivity contribution in [3.05, 3.63) is 64.8 Å². The minimum absolute atomic E-state index is 0.0394. The third-order valence-corrected chi connectivity index (χ3v) is 6.95. The lowest BCUT2D eigenvalue weighted by atomic mass is 9.83. The molecule has 0 spiro atoms. The van der Waals surface area contributed by atoms with Crippen LogP contribution >= 0.6 is 0 Å². The average molecular weight is 420 g/mol. The van der Waals surface area contributed by atoms with Crippen LogP contribution in [0.15, 0.2) is 53.6 Å². The molecule has 2 N–H and O–H groups in total. The Morgan fingerprint density at radius 1 is 1.00 bits per heavy atom. The van der Waals surface area contributed by atoms with Gasteiger partial charge in [0, 0.05) is 37.1 Å². The molecule has 31 heavy (non-hydrogen) atoms. The maximum absolute atomic E-state index is 13.5. The Hall–Kier alpha value is -2.77. The van der Waals surface area contributed by atoms with Crippen molar-refractivity contribution in [2.45, 2.75) is 37.8 Å². The fraction of sp³-hybridized carbons (Fsp3) is 0.458. The first-order chi connectivity index (χ1) is 15.2. The third kappa shape index (κ3) is 3.95. The predicted octanol–water partition coefficient (Wildman–Crippen LogP) is 2.61. The lowest BCUT2D eigenvalue weighted by Gasteiger charge is -2.41. The van der Waals surface area contributed by atoms with Crippen molar-refractivity contribution in [2.75, 3.05) is 26.2 Å². The molecule has 2 aliphatic heterocycles. The van der Waals surface area contributed by atoms with Gasteiger partial charge in [-0.15, -0.1) is 0 Å². The Balaban J connectivity index is 1.37. The molecule has 0 bridgehead atoms. The van der Waals surface area contributed by atoms with Gasteiger partial charge in [0.05, 0.1) is 17.1 Å². The first-order valence-electron chi connectivity index (χ1n) is 11.3. The molecule has 2 aromatic heterocycles. The van der Waals surface area contributed by atoms with Gasteiger partial charge in [0.2, 0.25) is 0 Å². The van der Waals surface area contributed by atoms with Gasteiger partial charge in [0.25, 0.3) is 0 Å². The van der Waals surface area contributed by atoms with Crippen LogP contribution in [-0.4, -0.2) is 57.4 Å². The number of Topliss-reactive ketones (excluding diaryl/α,β-unsaturated/α-hetero) is 1. The topological polar surface area (TPSA) is 83.0 Å². The van der Waals surface area contributed by atoms with Crippen LogP contribution < -0.4 is 11.0 Å². The fourth-order valence-electron chi connectivity index (χ4n) is 5.38. The largest absolute Gasteiger partial charge is 0.326 e. The number of carbonyl (C=O) groups is 1. The van der Waals surface area contributed by atoms with E-state index in [0.717, 1.165) is 68.5 Å². The van der Waals surface area contributed by atoms with Crippen LogP contribution in [0.1, 0.15) is 42.1 Å². The number of hydrogen-bond donors (Lipinski definition) is 2. The Labute approximate surface area is 181 Å². The number of ketones is 1. The monoisotopic (exact) mass is 419 g/mol. The minimum Gasteiger partial charge on any atom is -0.317 e. The highest BCUT2D eigenvalue weighted by Crippen LogP contribution is 2.31. The third-order valence-electron chi connectivity index (χ3n) is 6.95. The summed E-state index contributed by atoms with van der Waals surface area (Å²) in [4.78, 5) is 35.6. The molecule has 0 saturated carbocycles. The number of benzene rings is 1. The summed E-state index contributed by atoms with van der Waals surface area (Å²) in [6.07, 6.45) is 7.16. The van der Waals surface area contributed by atoms with Gasteiger partial charge in [-0.2, -0.15) is 0 Å². The lowest BCUT2D eigenvalue weighted by Crippen LogP contribution is -2.52. The van der Waals surface area contributed by atoms with Crippen LogP contribution in [0.2, 0.25) is 0 Å². The Morgan fingerprint density at radius 2 is 1.71 bits per heavy atom. The number of aromatic nitrogens is 3. The molecule has 7 heteroatoms. The smallest absolute Gasteiger partial charge is 0.317 e. The zero-order valence-corrected chi connectivity index (χ0v) is 17.7. The molecule has 1 atom stereocenters. The van der Waals surface area contributed by atoms with E-state index in [1.807, 2.05) is 41.0 Å². The summed E-state index contributed by atoms with van der Waals surface area (Å²) in [6.45, 7) is 3.57. The number of aromatic amines is 1. The number of nitrogens with zero attached hydrogens (tertiary/aromatic N) is 3. The molecule has 5 rings (SSSR count). The summed E-state index contributed by atoms with van der Waals surface area (Å²) in [5.41, 5.74) is 2.56. The highest BCUT2D eigenvalue weighted by molar-refractivity contribution is 6.00. The summed E-state index contributed by atoms with van der Waals surface area (Å²) < 4.78 is 1.91. The molecule has 2 aliphatic rings. The Morgan fingerprint density at radius 3 is 2.45 bits per heavy atom. The molecule has 0 amide bonds. The number of imidazole rings is 1. The van der Waals surface area contributed by atoms with Crippen molar-refractivity contribution in [1.29, 1.82) is 0 Å². The van der Waals surface area contributed by atoms with E-state index in [0.29, 0.717) is 5.92 Å². The number of fused-ring (bicyclic) bond motifs is 1. The number of hydrogen-bond acceptors (Lipinski definition) is 5. The van der Waals surface area contributed by atoms with E-state index in [4.69, 9.17) is 0 Å². The van der Waals surface area contributed by atoms with Crippen LogP contribution in [0.3, 0.4) is 0 Å². The van der Waals surface area contributed by atoms with Crippen molar-refractivity contribution in [1.82, 2.24) is 24.8 Å². The average Bonchev–Trinajstić information content (AvgIpc) is 3.16. The summed E-state index contributed by atoms with van der Waals surface area (Å²) in [5.74, 6) is 0.561. The number of carbonyl (C=O) groups excluding carboxylic acids is 1. The highest BCUT2D eigenvalue weighted by atomic mass is 16.1. The molecular formula is C24H29N5O2. The van der Waals surface area contributed by atoms with Crippen molar-refractivity contribution in [3.8, 4) is 0 Å². The van der Waals surface area contributed by atoms with Crippen molar-refractivity contribution in [3.63, 3.8) is 0 Å². The molecule has 4 heterocycles. The van der Waals surface area contributed by atoms with Crippen LogP contribution in [0, 0.1) is 5.92 Å². The van der Waals surface area contributed by atoms with Crippen molar-refractivity contribution < 1.29 is 4.79 Å². The molecule has 0 aliphatic carbocycles. The summed E-state index contributed by atoms with van der Waals surface area (Å²) in [5, 5.41) is 3.42. The molecule has 2 saturated heterocycles. The maximum atomic E-state index is 13.5. The summed E-state index contributed by atoms with van der Waals surface area (Å²) in [6, 6.07) is 11.6. The molecule has 2 fully saturated rings. The number of nitrogens with one attached hydrogen (secondary N) is 2.